The van der Waals surface area contributed by atoms with E-state index in [2.05, 4.69) is 25.2 Å². The zero-order valence-electron chi connectivity index (χ0n) is 19.2. The van der Waals surface area contributed by atoms with Crippen LogP contribution in [0.2, 0.25) is 0 Å². The number of fused-ring (bicyclic) bond motifs is 1. The van der Waals surface area contributed by atoms with Crippen molar-refractivity contribution in [1.82, 2.24) is 15.0 Å². The van der Waals surface area contributed by atoms with Crippen LogP contribution in [0.5, 0.6) is 0 Å². The fourth-order valence-electron chi connectivity index (χ4n) is 3.72. The highest BCUT2D eigenvalue weighted by Gasteiger charge is 2.32. The Bertz CT molecular complexity index is 1230. The van der Waals surface area contributed by atoms with Gasteiger partial charge in [-0.15, -0.1) is 0 Å². The minimum atomic E-state index is -4.68. The molecular formula is C22H24F3N7O3. The highest BCUT2D eigenvalue weighted by atomic mass is 19.4. The number of hydrogen-bond donors (Lipinski definition) is 1. The van der Waals surface area contributed by atoms with E-state index in [9.17, 15) is 23.3 Å². The molecule has 35 heavy (non-hydrogen) atoms. The van der Waals surface area contributed by atoms with Crippen molar-refractivity contribution in [3.63, 3.8) is 0 Å². The van der Waals surface area contributed by atoms with Crippen molar-refractivity contribution < 1.29 is 22.8 Å². The molecule has 0 amide bonds. The van der Waals surface area contributed by atoms with Crippen LogP contribution in [0.15, 0.2) is 30.5 Å². The van der Waals surface area contributed by atoms with E-state index < -0.39 is 22.4 Å². The lowest BCUT2D eigenvalue weighted by atomic mass is 10.1. The van der Waals surface area contributed by atoms with Crippen LogP contribution in [0.1, 0.15) is 11.1 Å². The van der Waals surface area contributed by atoms with Gasteiger partial charge in [-0.2, -0.15) is 18.2 Å². The SMILES string of the molecule is CN(C)c1nc(NCCc2cc([N+](=O)[O-])cc(C(F)(F)F)c2)c2cc(N3CCOCC3)ncc2n1. The number of non-ortho nitro benzene ring substituents is 1. The minimum absolute atomic E-state index is 0.120. The summed E-state index contributed by atoms with van der Waals surface area (Å²) in [5.74, 6) is 1.69. The number of nitrogens with one attached hydrogen (secondary N) is 1. The predicted molar refractivity (Wildman–Crippen MR) is 125 cm³/mol. The van der Waals surface area contributed by atoms with Gasteiger partial charge in [0.05, 0.1) is 35.4 Å². The lowest BCUT2D eigenvalue weighted by molar-refractivity contribution is -0.385. The van der Waals surface area contributed by atoms with E-state index in [1.807, 2.05) is 6.07 Å². The number of nitro benzene ring substituents is 1. The Morgan fingerprint density at radius 1 is 1.17 bits per heavy atom. The Morgan fingerprint density at radius 3 is 2.57 bits per heavy atom. The number of rotatable bonds is 7. The third-order valence-corrected chi connectivity index (χ3v) is 5.51. The van der Waals surface area contributed by atoms with Crippen LogP contribution in [-0.2, 0) is 17.3 Å². The van der Waals surface area contributed by atoms with Gasteiger partial charge in [0.1, 0.15) is 11.6 Å². The first-order valence-electron chi connectivity index (χ1n) is 10.9. The van der Waals surface area contributed by atoms with Crippen LogP contribution in [-0.4, -0.2) is 66.8 Å². The van der Waals surface area contributed by atoms with Crippen LogP contribution in [0.4, 0.5) is 36.4 Å². The molecule has 186 valence electrons. The Labute approximate surface area is 198 Å². The van der Waals surface area contributed by atoms with Crippen molar-refractivity contribution in [1.29, 1.82) is 0 Å². The van der Waals surface area contributed by atoms with E-state index in [0.29, 0.717) is 55.0 Å². The number of benzene rings is 1. The summed E-state index contributed by atoms with van der Waals surface area (Å²) in [6.07, 6.45) is -2.90. The summed E-state index contributed by atoms with van der Waals surface area (Å²) in [4.78, 5) is 27.7. The van der Waals surface area contributed by atoms with Gasteiger partial charge in [0.2, 0.25) is 5.95 Å². The molecular weight excluding hydrogens is 467 g/mol. The fraction of sp³-hybridized carbons (Fsp3) is 0.409. The van der Waals surface area contributed by atoms with E-state index in [1.165, 1.54) is 0 Å². The molecule has 3 heterocycles. The maximum absolute atomic E-state index is 13.2. The number of ether oxygens (including phenoxy) is 1. The molecule has 0 radical (unpaired) electrons. The molecule has 2 aromatic heterocycles. The van der Waals surface area contributed by atoms with Gasteiger partial charge >= 0.3 is 6.18 Å². The maximum Gasteiger partial charge on any atom is 0.416 e. The average Bonchev–Trinajstić information content (AvgIpc) is 2.83. The molecule has 0 aliphatic carbocycles. The zero-order valence-corrected chi connectivity index (χ0v) is 19.2. The van der Waals surface area contributed by atoms with E-state index in [-0.39, 0.29) is 18.5 Å². The Kier molecular flexibility index (Phi) is 6.87. The van der Waals surface area contributed by atoms with Crippen molar-refractivity contribution in [3.05, 3.63) is 51.7 Å². The topological polar surface area (TPSA) is 110 Å². The van der Waals surface area contributed by atoms with Gasteiger partial charge in [-0.3, -0.25) is 10.1 Å². The maximum atomic E-state index is 13.2. The van der Waals surface area contributed by atoms with Crippen LogP contribution >= 0.6 is 0 Å². The third kappa shape index (κ3) is 5.67. The smallest absolute Gasteiger partial charge is 0.378 e. The summed E-state index contributed by atoms with van der Waals surface area (Å²) in [5, 5.41) is 15.0. The minimum Gasteiger partial charge on any atom is -0.378 e. The monoisotopic (exact) mass is 491 g/mol. The quantitative estimate of drug-likeness (QED) is 0.392. The zero-order chi connectivity index (χ0) is 25.2. The van der Waals surface area contributed by atoms with Gasteiger partial charge in [0, 0.05) is 51.2 Å². The molecule has 4 rings (SSSR count). The summed E-state index contributed by atoms with van der Waals surface area (Å²) in [5.41, 5.74) is -0.845. The van der Waals surface area contributed by atoms with Crippen molar-refractivity contribution in [2.45, 2.75) is 12.6 Å². The van der Waals surface area contributed by atoms with Gasteiger partial charge in [-0.05, 0) is 24.1 Å². The van der Waals surface area contributed by atoms with E-state index >= 15 is 0 Å². The first-order chi connectivity index (χ1) is 16.6. The van der Waals surface area contributed by atoms with Crippen LogP contribution in [0.25, 0.3) is 10.9 Å². The van der Waals surface area contributed by atoms with Crippen molar-refractivity contribution in [2.24, 2.45) is 0 Å². The number of nitro groups is 1. The van der Waals surface area contributed by atoms with E-state index in [0.717, 1.165) is 18.0 Å². The molecule has 1 aromatic carbocycles. The molecule has 0 atom stereocenters. The number of halogens is 3. The molecule has 1 fully saturated rings. The first-order valence-corrected chi connectivity index (χ1v) is 10.9. The fourth-order valence-corrected chi connectivity index (χ4v) is 3.72. The van der Waals surface area contributed by atoms with Crippen molar-refractivity contribution in [2.75, 3.05) is 62.1 Å². The molecule has 13 heteroatoms. The number of morpholine rings is 1. The number of hydrogen-bond acceptors (Lipinski definition) is 9. The van der Waals surface area contributed by atoms with Crippen molar-refractivity contribution in [3.8, 4) is 0 Å². The van der Waals surface area contributed by atoms with Gasteiger partial charge < -0.3 is 19.9 Å². The highest BCUT2D eigenvalue weighted by molar-refractivity contribution is 5.91. The molecule has 0 bridgehead atoms. The van der Waals surface area contributed by atoms with E-state index in [1.54, 1.807) is 25.2 Å². The molecule has 3 aromatic rings. The molecule has 1 aliphatic rings. The largest absolute Gasteiger partial charge is 0.416 e. The number of aromatic nitrogens is 3. The number of alkyl halides is 3. The highest BCUT2D eigenvalue weighted by Crippen LogP contribution is 2.33. The standard InChI is InChI=1S/C22H24F3N7O3/c1-30(2)21-28-18-13-27-19(31-5-7-35-8-6-31)12-17(18)20(29-21)26-4-3-14-9-15(22(23,24)25)11-16(10-14)32(33)34/h9-13H,3-8H2,1-2H3,(H,26,28,29). The normalized spacial score (nSPS) is 14.3. The second kappa shape index (κ2) is 9.86. The molecule has 1 saturated heterocycles. The second-order valence-electron chi connectivity index (χ2n) is 8.25. The molecule has 10 nitrogen and oxygen atoms in total. The Morgan fingerprint density at radius 2 is 1.91 bits per heavy atom. The number of anilines is 3. The van der Waals surface area contributed by atoms with Crippen LogP contribution in [0, 0.1) is 10.1 Å². The first kappa shape index (κ1) is 24.4. The van der Waals surface area contributed by atoms with Gasteiger partial charge in [-0.1, -0.05) is 0 Å². The average molecular weight is 491 g/mol. The lowest BCUT2D eigenvalue weighted by Gasteiger charge is -2.28. The van der Waals surface area contributed by atoms with Gasteiger partial charge in [0.25, 0.3) is 5.69 Å². The molecule has 0 unspecified atom stereocenters. The third-order valence-electron chi connectivity index (χ3n) is 5.51. The summed E-state index contributed by atoms with van der Waals surface area (Å²) in [6, 6.07) is 4.50. The molecule has 1 N–H and O–H groups in total. The Hall–Kier alpha value is -3.74. The van der Waals surface area contributed by atoms with E-state index in [4.69, 9.17) is 4.74 Å². The summed E-state index contributed by atoms with van der Waals surface area (Å²) in [6.45, 7) is 2.80. The summed E-state index contributed by atoms with van der Waals surface area (Å²) in [7, 11) is 3.59. The Balaban J connectivity index is 1.61. The molecule has 0 saturated carbocycles. The predicted octanol–water partition coefficient (Wildman–Crippen LogP) is 3.51. The molecule has 1 aliphatic heterocycles. The summed E-state index contributed by atoms with van der Waals surface area (Å²) >= 11 is 0. The van der Waals surface area contributed by atoms with Crippen LogP contribution in [0.3, 0.4) is 0 Å². The van der Waals surface area contributed by atoms with Crippen molar-refractivity contribution >= 4 is 34.2 Å². The van der Waals surface area contributed by atoms with Gasteiger partial charge in [-0.25, -0.2) is 9.97 Å². The number of nitrogens with zero attached hydrogens (tertiary/aromatic N) is 6. The molecule has 0 spiro atoms. The van der Waals surface area contributed by atoms with Gasteiger partial charge in [0.15, 0.2) is 0 Å². The second-order valence-corrected chi connectivity index (χ2v) is 8.25. The number of pyridine rings is 1. The summed E-state index contributed by atoms with van der Waals surface area (Å²) < 4.78 is 45.0. The lowest BCUT2D eigenvalue weighted by Crippen LogP contribution is -2.36. The van der Waals surface area contributed by atoms with Crippen LogP contribution < -0.4 is 15.1 Å².